The number of aryl methyl sites for hydroxylation is 1. The molecule has 0 aliphatic heterocycles. The SMILES string of the molecule is O=C(CCCCCCCCCCc1ccccc1)Cc1cccc(O)c1. The van der Waals surface area contributed by atoms with Crippen LogP contribution in [-0.2, 0) is 17.6 Å². The van der Waals surface area contributed by atoms with Crippen molar-refractivity contribution in [2.75, 3.05) is 0 Å². The van der Waals surface area contributed by atoms with Crippen molar-refractivity contribution in [2.45, 2.75) is 70.6 Å². The number of hydrogen-bond donors (Lipinski definition) is 1. The second-order valence-electron chi connectivity index (χ2n) is 7.20. The third-order valence-corrected chi connectivity index (χ3v) is 4.83. The summed E-state index contributed by atoms with van der Waals surface area (Å²) in [6.07, 6.45) is 12.2. The molecule has 2 heteroatoms. The maximum Gasteiger partial charge on any atom is 0.137 e. The zero-order valence-electron chi connectivity index (χ0n) is 15.8. The molecule has 2 aromatic rings. The number of carbonyl (C=O) groups is 1. The molecule has 0 amide bonds. The zero-order valence-corrected chi connectivity index (χ0v) is 15.8. The minimum Gasteiger partial charge on any atom is -0.508 e. The molecule has 0 heterocycles. The number of rotatable bonds is 13. The van der Waals surface area contributed by atoms with E-state index in [2.05, 4.69) is 30.3 Å². The monoisotopic (exact) mass is 352 g/mol. The lowest BCUT2D eigenvalue weighted by Gasteiger charge is -2.04. The van der Waals surface area contributed by atoms with Crippen molar-refractivity contribution >= 4 is 5.78 Å². The van der Waals surface area contributed by atoms with Crippen molar-refractivity contribution in [2.24, 2.45) is 0 Å². The van der Waals surface area contributed by atoms with Gasteiger partial charge in [-0.15, -0.1) is 0 Å². The minimum absolute atomic E-state index is 0.235. The van der Waals surface area contributed by atoms with Gasteiger partial charge in [-0.3, -0.25) is 4.79 Å². The largest absolute Gasteiger partial charge is 0.508 e. The van der Waals surface area contributed by atoms with Crippen LogP contribution >= 0.6 is 0 Å². The molecule has 0 aromatic heterocycles. The lowest BCUT2D eigenvalue weighted by atomic mass is 10.0. The summed E-state index contributed by atoms with van der Waals surface area (Å²) in [5.74, 6) is 0.510. The van der Waals surface area contributed by atoms with Crippen LogP contribution in [0.4, 0.5) is 0 Å². The number of ketones is 1. The van der Waals surface area contributed by atoms with Gasteiger partial charge < -0.3 is 5.11 Å². The first-order chi connectivity index (χ1) is 12.7. The zero-order chi connectivity index (χ0) is 18.5. The van der Waals surface area contributed by atoms with Crippen molar-refractivity contribution in [3.8, 4) is 5.75 Å². The van der Waals surface area contributed by atoms with Crippen LogP contribution in [0.25, 0.3) is 0 Å². The lowest BCUT2D eigenvalue weighted by molar-refractivity contribution is -0.118. The number of Topliss-reactive ketones (excluding diaryl/α,β-unsaturated/α-hetero) is 1. The molecule has 0 bridgehead atoms. The Morgan fingerprint density at radius 3 is 2.00 bits per heavy atom. The average Bonchev–Trinajstić information content (AvgIpc) is 2.64. The van der Waals surface area contributed by atoms with E-state index in [1.165, 1.54) is 50.5 Å². The van der Waals surface area contributed by atoms with Crippen molar-refractivity contribution in [1.82, 2.24) is 0 Å². The van der Waals surface area contributed by atoms with E-state index >= 15 is 0 Å². The molecule has 1 N–H and O–H groups in total. The van der Waals surface area contributed by atoms with Crippen LogP contribution in [0.1, 0.15) is 68.9 Å². The Hall–Kier alpha value is -2.09. The lowest BCUT2D eigenvalue weighted by Crippen LogP contribution is -2.02. The molecule has 0 aliphatic rings. The van der Waals surface area contributed by atoms with Crippen LogP contribution in [-0.4, -0.2) is 10.9 Å². The molecule has 0 atom stereocenters. The van der Waals surface area contributed by atoms with Crippen molar-refractivity contribution < 1.29 is 9.90 Å². The van der Waals surface area contributed by atoms with Gasteiger partial charge in [0.1, 0.15) is 11.5 Å². The van der Waals surface area contributed by atoms with Gasteiger partial charge in [-0.05, 0) is 42.5 Å². The summed E-state index contributed by atoms with van der Waals surface area (Å²) in [7, 11) is 0. The highest BCUT2D eigenvalue weighted by molar-refractivity contribution is 5.80. The van der Waals surface area contributed by atoms with Gasteiger partial charge in [-0.2, -0.15) is 0 Å². The second kappa shape index (κ2) is 12.3. The fraction of sp³-hybridized carbons (Fsp3) is 0.458. The molecule has 0 saturated carbocycles. The molecule has 0 spiro atoms. The summed E-state index contributed by atoms with van der Waals surface area (Å²) in [5.41, 5.74) is 2.35. The van der Waals surface area contributed by atoms with Crippen LogP contribution in [0.3, 0.4) is 0 Å². The summed E-state index contributed by atoms with van der Waals surface area (Å²) in [6.45, 7) is 0. The number of unbranched alkanes of at least 4 members (excludes halogenated alkanes) is 7. The molecule has 2 aromatic carbocycles. The molecule has 0 aliphatic carbocycles. The fourth-order valence-corrected chi connectivity index (χ4v) is 3.34. The third kappa shape index (κ3) is 8.84. The predicted molar refractivity (Wildman–Crippen MR) is 109 cm³/mol. The highest BCUT2D eigenvalue weighted by Crippen LogP contribution is 2.14. The van der Waals surface area contributed by atoms with Crippen LogP contribution in [0.15, 0.2) is 54.6 Å². The quantitative estimate of drug-likeness (QED) is 0.432. The maximum atomic E-state index is 12.0. The Morgan fingerprint density at radius 1 is 0.692 bits per heavy atom. The van der Waals surface area contributed by atoms with Gasteiger partial charge in [0, 0.05) is 12.8 Å². The van der Waals surface area contributed by atoms with E-state index in [9.17, 15) is 9.90 Å². The number of aromatic hydroxyl groups is 1. The summed E-state index contributed by atoms with van der Waals surface area (Å²) in [4.78, 5) is 12.0. The van der Waals surface area contributed by atoms with Crippen molar-refractivity contribution in [1.29, 1.82) is 0 Å². The van der Waals surface area contributed by atoms with E-state index in [1.807, 2.05) is 6.07 Å². The summed E-state index contributed by atoms with van der Waals surface area (Å²) in [6, 6.07) is 17.7. The smallest absolute Gasteiger partial charge is 0.137 e. The average molecular weight is 353 g/mol. The Kier molecular flexibility index (Phi) is 9.56. The molecular weight excluding hydrogens is 320 g/mol. The van der Waals surface area contributed by atoms with E-state index in [1.54, 1.807) is 18.2 Å². The summed E-state index contributed by atoms with van der Waals surface area (Å²) >= 11 is 0. The normalized spacial score (nSPS) is 10.8. The molecule has 0 unspecified atom stereocenters. The number of phenols is 1. The topological polar surface area (TPSA) is 37.3 Å². The molecular formula is C24H32O2. The number of phenolic OH excluding ortho intramolecular Hbond substituents is 1. The van der Waals surface area contributed by atoms with Crippen LogP contribution < -0.4 is 0 Å². The van der Waals surface area contributed by atoms with Gasteiger partial charge in [-0.1, -0.05) is 81.0 Å². The standard InChI is InChI=1S/C24H32O2/c25-23(19-22-16-12-18-24(26)20-22)17-11-6-4-2-1-3-5-8-13-21-14-9-7-10-15-21/h7,9-10,12,14-16,18,20,26H,1-6,8,11,13,17,19H2. The van der Waals surface area contributed by atoms with Gasteiger partial charge in [0.05, 0.1) is 0 Å². The van der Waals surface area contributed by atoms with Gasteiger partial charge in [0.15, 0.2) is 0 Å². The molecule has 2 nitrogen and oxygen atoms in total. The maximum absolute atomic E-state index is 12.0. The number of benzene rings is 2. The Labute approximate surface area is 158 Å². The molecule has 26 heavy (non-hydrogen) atoms. The minimum atomic E-state index is 0.235. The summed E-state index contributed by atoms with van der Waals surface area (Å²) in [5, 5.41) is 9.42. The third-order valence-electron chi connectivity index (χ3n) is 4.83. The highest BCUT2D eigenvalue weighted by atomic mass is 16.3. The van der Waals surface area contributed by atoms with E-state index in [0.29, 0.717) is 12.8 Å². The van der Waals surface area contributed by atoms with E-state index in [-0.39, 0.29) is 11.5 Å². The van der Waals surface area contributed by atoms with E-state index < -0.39 is 0 Å². The van der Waals surface area contributed by atoms with Gasteiger partial charge >= 0.3 is 0 Å². The first kappa shape index (κ1) is 20.2. The van der Waals surface area contributed by atoms with Crippen molar-refractivity contribution in [3.63, 3.8) is 0 Å². The van der Waals surface area contributed by atoms with E-state index in [4.69, 9.17) is 0 Å². The molecule has 140 valence electrons. The van der Waals surface area contributed by atoms with Gasteiger partial charge in [0.2, 0.25) is 0 Å². The molecule has 2 rings (SSSR count). The van der Waals surface area contributed by atoms with E-state index in [0.717, 1.165) is 18.4 Å². The fourth-order valence-electron chi connectivity index (χ4n) is 3.34. The number of hydrogen-bond acceptors (Lipinski definition) is 2. The van der Waals surface area contributed by atoms with Crippen LogP contribution in [0, 0.1) is 0 Å². The first-order valence-electron chi connectivity index (χ1n) is 10.1. The van der Waals surface area contributed by atoms with Gasteiger partial charge in [0.25, 0.3) is 0 Å². The van der Waals surface area contributed by atoms with Gasteiger partial charge in [-0.25, -0.2) is 0 Å². The Bertz CT molecular complexity index is 634. The second-order valence-corrected chi connectivity index (χ2v) is 7.20. The Morgan fingerprint density at radius 2 is 1.31 bits per heavy atom. The molecule has 0 radical (unpaired) electrons. The summed E-state index contributed by atoms with van der Waals surface area (Å²) < 4.78 is 0. The molecule has 0 saturated heterocycles. The first-order valence-corrected chi connectivity index (χ1v) is 10.1. The van der Waals surface area contributed by atoms with Crippen LogP contribution in [0.5, 0.6) is 5.75 Å². The van der Waals surface area contributed by atoms with Crippen molar-refractivity contribution in [3.05, 3.63) is 65.7 Å². The van der Waals surface area contributed by atoms with Crippen LogP contribution in [0.2, 0.25) is 0 Å². The molecule has 0 fully saturated rings. The predicted octanol–water partition coefficient (Wildman–Crippen LogP) is 6.26. The number of carbonyl (C=O) groups excluding carboxylic acids is 1. The highest BCUT2D eigenvalue weighted by Gasteiger charge is 2.04. The Balaban J connectivity index is 1.40.